The maximum atomic E-state index is 12.0. The van der Waals surface area contributed by atoms with E-state index in [9.17, 15) is 18.5 Å². The minimum Gasteiger partial charge on any atom is -0.385 e. The molecule has 0 saturated heterocycles. The highest BCUT2D eigenvalue weighted by Crippen LogP contribution is 2.17. The zero-order chi connectivity index (χ0) is 25.6. The Kier molecular flexibility index (Phi) is 18.3. The summed E-state index contributed by atoms with van der Waals surface area (Å²) in [5, 5.41) is 10.6. The lowest BCUT2D eigenvalue weighted by Gasteiger charge is -2.08. The van der Waals surface area contributed by atoms with Gasteiger partial charge in [-0.3, -0.25) is 14.3 Å². The van der Waals surface area contributed by atoms with Crippen molar-refractivity contribution in [3.63, 3.8) is 0 Å². The van der Waals surface area contributed by atoms with Gasteiger partial charge in [0.2, 0.25) is 0 Å². The van der Waals surface area contributed by atoms with Gasteiger partial charge in [-0.15, -0.1) is 0 Å². The molecule has 0 aliphatic rings. The molecule has 14 heteroatoms. The van der Waals surface area contributed by atoms with Crippen molar-refractivity contribution >= 4 is 15.8 Å². The molecule has 0 fully saturated rings. The number of hydrogen-bond donors (Lipinski definition) is 0. The second-order valence-electron chi connectivity index (χ2n) is 6.82. The molecule has 0 heterocycles. The summed E-state index contributed by atoms with van der Waals surface area (Å²) in [6.07, 6.45) is 1.81. The van der Waals surface area contributed by atoms with Gasteiger partial charge in [0.15, 0.2) is 0 Å². The lowest BCUT2D eigenvalue weighted by atomic mass is 10.3. The first-order valence-corrected chi connectivity index (χ1v) is 12.6. The SMILES string of the molecule is COCCCCOOCCOCCOCCOCCOCCOS(=O)(=O)c1ccc([N+](=O)[O-])cc1. The van der Waals surface area contributed by atoms with Gasteiger partial charge in [0.25, 0.3) is 15.8 Å². The Bertz CT molecular complexity index is 760. The Balaban J connectivity index is 1.85. The molecule has 0 N–H and O–H groups in total. The van der Waals surface area contributed by atoms with Crippen LogP contribution in [0.3, 0.4) is 0 Å². The fourth-order valence-electron chi connectivity index (χ4n) is 2.39. The number of nitro groups is 1. The molecule has 0 unspecified atom stereocenters. The quantitative estimate of drug-likeness (QED) is 0.0635. The van der Waals surface area contributed by atoms with E-state index in [1.807, 2.05) is 0 Å². The molecule has 1 rings (SSSR count). The minimum absolute atomic E-state index is 0.0476. The molecular weight excluding hydrogens is 490 g/mol. The van der Waals surface area contributed by atoms with Crippen molar-refractivity contribution in [1.82, 2.24) is 0 Å². The smallest absolute Gasteiger partial charge is 0.297 e. The second kappa shape index (κ2) is 20.4. The van der Waals surface area contributed by atoms with E-state index in [0.717, 1.165) is 37.1 Å². The largest absolute Gasteiger partial charge is 0.385 e. The highest BCUT2D eigenvalue weighted by Gasteiger charge is 2.16. The molecule has 1 aromatic rings. The number of unbranched alkanes of at least 4 members (excludes halogenated alkanes) is 1. The number of nitro benzene ring substituents is 1. The summed E-state index contributed by atoms with van der Waals surface area (Å²) in [4.78, 5) is 19.8. The molecule has 0 aromatic heterocycles. The molecule has 0 atom stereocenters. The van der Waals surface area contributed by atoms with E-state index >= 15 is 0 Å². The predicted octanol–water partition coefficient (Wildman–Crippen LogP) is 1.74. The summed E-state index contributed by atoms with van der Waals surface area (Å²) in [7, 11) is -2.34. The molecule has 0 aliphatic carbocycles. The van der Waals surface area contributed by atoms with E-state index in [0.29, 0.717) is 59.5 Å². The van der Waals surface area contributed by atoms with Crippen molar-refractivity contribution < 1.29 is 51.0 Å². The monoisotopic (exact) mass is 525 g/mol. The first kappa shape index (κ1) is 31.3. The van der Waals surface area contributed by atoms with E-state index in [1.165, 1.54) is 0 Å². The van der Waals surface area contributed by atoms with E-state index < -0.39 is 15.0 Å². The number of nitrogens with zero attached hydrogens (tertiary/aromatic N) is 1. The highest BCUT2D eigenvalue weighted by molar-refractivity contribution is 7.86. The lowest BCUT2D eigenvalue weighted by Crippen LogP contribution is -2.15. The van der Waals surface area contributed by atoms with E-state index in [4.69, 9.17) is 37.6 Å². The zero-order valence-corrected chi connectivity index (χ0v) is 20.8. The van der Waals surface area contributed by atoms with Crippen molar-refractivity contribution in [2.75, 3.05) is 86.4 Å². The lowest BCUT2D eigenvalue weighted by molar-refractivity contribution is -0.384. The fraction of sp³-hybridized carbons (Fsp3) is 0.714. The molecule has 0 amide bonds. The standard InChI is InChI=1S/C21H35NO12S/c1-27-8-2-3-9-32-33-18-16-30-14-12-28-10-11-29-13-15-31-17-19-34-35(25,26)21-6-4-20(5-7-21)22(23)24/h4-7H,2-3,8-19H2,1H3. The summed E-state index contributed by atoms with van der Waals surface area (Å²) in [6, 6.07) is 4.43. The number of ether oxygens (including phenoxy) is 5. The molecule has 13 nitrogen and oxygen atoms in total. The summed E-state index contributed by atoms with van der Waals surface area (Å²) in [6.45, 7) is 4.09. The molecule has 1 aromatic carbocycles. The van der Waals surface area contributed by atoms with Crippen LogP contribution in [0.25, 0.3) is 0 Å². The average Bonchev–Trinajstić information content (AvgIpc) is 2.85. The molecule has 0 radical (unpaired) electrons. The van der Waals surface area contributed by atoms with Gasteiger partial charge in [-0.2, -0.15) is 8.42 Å². The van der Waals surface area contributed by atoms with Gasteiger partial charge in [-0.1, -0.05) is 0 Å². The Morgan fingerprint density at radius 3 is 1.66 bits per heavy atom. The maximum absolute atomic E-state index is 12.0. The van der Waals surface area contributed by atoms with Gasteiger partial charge in [0.05, 0.1) is 75.9 Å². The van der Waals surface area contributed by atoms with Gasteiger partial charge >= 0.3 is 0 Å². The van der Waals surface area contributed by atoms with Crippen LogP contribution in [-0.2, 0) is 47.8 Å². The van der Waals surface area contributed by atoms with Crippen molar-refractivity contribution in [2.45, 2.75) is 17.7 Å². The first-order valence-electron chi connectivity index (χ1n) is 11.2. The van der Waals surface area contributed by atoms with Crippen LogP contribution in [-0.4, -0.2) is 99.7 Å². The second-order valence-corrected chi connectivity index (χ2v) is 8.44. The third-order valence-electron chi connectivity index (χ3n) is 4.14. The van der Waals surface area contributed by atoms with Gasteiger partial charge in [-0.05, 0) is 25.0 Å². The van der Waals surface area contributed by atoms with Crippen molar-refractivity contribution in [3.8, 4) is 0 Å². The van der Waals surface area contributed by atoms with Gasteiger partial charge in [0.1, 0.15) is 6.61 Å². The number of rotatable bonds is 24. The van der Waals surface area contributed by atoms with Crippen LogP contribution in [0.1, 0.15) is 12.8 Å². The van der Waals surface area contributed by atoms with Gasteiger partial charge in [-0.25, -0.2) is 9.78 Å². The van der Waals surface area contributed by atoms with Crippen LogP contribution in [0.5, 0.6) is 0 Å². The number of methoxy groups -OCH3 is 1. The molecule has 35 heavy (non-hydrogen) atoms. The van der Waals surface area contributed by atoms with E-state index in [1.54, 1.807) is 7.11 Å². The van der Waals surface area contributed by atoms with E-state index in [2.05, 4.69) is 0 Å². The summed E-state index contributed by atoms with van der Waals surface area (Å²) >= 11 is 0. The van der Waals surface area contributed by atoms with E-state index in [-0.39, 0.29) is 30.4 Å². The predicted molar refractivity (Wildman–Crippen MR) is 123 cm³/mol. The molecule has 0 bridgehead atoms. The van der Waals surface area contributed by atoms with Crippen LogP contribution in [0.4, 0.5) is 5.69 Å². The van der Waals surface area contributed by atoms with Crippen LogP contribution in [0, 0.1) is 10.1 Å². The molecule has 0 saturated carbocycles. The maximum Gasteiger partial charge on any atom is 0.297 e. The fourth-order valence-corrected chi connectivity index (χ4v) is 3.28. The first-order chi connectivity index (χ1) is 17.0. The van der Waals surface area contributed by atoms with Crippen LogP contribution in [0.15, 0.2) is 29.2 Å². The Morgan fingerprint density at radius 2 is 1.14 bits per heavy atom. The third-order valence-corrected chi connectivity index (χ3v) is 5.47. The molecule has 202 valence electrons. The number of non-ortho nitro benzene ring substituents is 1. The normalized spacial score (nSPS) is 11.7. The van der Waals surface area contributed by atoms with Gasteiger partial charge in [0, 0.05) is 25.8 Å². The van der Waals surface area contributed by atoms with Crippen molar-refractivity contribution in [2.24, 2.45) is 0 Å². The number of hydrogen-bond acceptors (Lipinski definition) is 12. The average molecular weight is 526 g/mol. The minimum atomic E-state index is -4.01. The highest BCUT2D eigenvalue weighted by atomic mass is 32.2. The van der Waals surface area contributed by atoms with Crippen LogP contribution < -0.4 is 0 Å². The summed E-state index contributed by atoms with van der Waals surface area (Å²) in [5.74, 6) is 0. The Morgan fingerprint density at radius 1 is 0.686 bits per heavy atom. The topological polar surface area (TPSA) is 151 Å². The Hall–Kier alpha value is -1.75. The molecule has 0 spiro atoms. The van der Waals surface area contributed by atoms with Crippen LogP contribution >= 0.6 is 0 Å². The van der Waals surface area contributed by atoms with Crippen molar-refractivity contribution in [3.05, 3.63) is 34.4 Å². The molecular formula is C21H35NO12S. The Labute approximate surface area is 205 Å². The number of benzene rings is 1. The summed E-state index contributed by atoms with van der Waals surface area (Å²) in [5.41, 5.74) is -0.206. The van der Waals surface area contributed by atoms with Crippen LogP contribution in [0.2, 0.25) is 0 Å². The van der Waals surface area contributed by atoms with Crippen molar-refractivity contribution in [1.29, 1.82) is 0 Å². The third kappa shape index (κ3) is 16.5. The molecule has 0 aliphatic heterocycles. The summed E-state index contributed by atoms with van der Waals surface area (Å²) < 4.78 is 55.1. The van der Waals surface area contributed by atoms with Gasteiger partial charge < -0.3 is 23.7 Å². The zero-order valence-electron chi connectivity index (χ0n) is 20.0.